The van der Waals surface area contributed by atoms with Crippen LogP contribution in [0.15, 0.2) is 51.7 Å². The van der Waals surface area contributed by atoms with Crippen molar-refractivity contribution in [3.05, 3.63) is 52.9 Å². The highest BCUT2D eigenvalue weighted by atomic mass is 16.5. The Bertz CT molecular complexity index is 1060. The van der Waals surface area contributed by atoms with Crippen LogP contribution in [0.4, 0.5) is 5.69 Å². The summed E-state index contributed by atoms with van der Waals surface area (Å²) in [6, 6.07) is 13.7. The first kappa shape index (κ1) is 18.4. The van der Waals surface area contributed by atoms with Crippen LogP contribution in [-0.2, 0) is 0 Å². The van der Waals surface area contributed by atoms with Gasteiger partial charge in [-0.2, -0.15) is 0 Å². The summed E-state index contributed by atoms with van der Waals surface area (Å²) in [6.07, 6.45) is 0. The molecule has 1 N–H and O–H groups in total. The molecular weight excluding hydrogens is 356 g/mol. The number of benzene rings is 2. The number of ether oxygens (including phenoxy) is 2. The molecule has 1 saturated heterocycles. The predicted octanol–water partition coefficient (Wildman–Crippen LogP) is 3.28. The number of hydrogen-bond acceptors (Lipinski definition) is 6. The molecule has 0 spiro atoms. The van der Waals surface area contributed by atoms with Crippen LogP contribution in [0.5, 0.6) is 11.5 Å². The lowest BCUT2D eigenvalue weighted by molar-refractivity contribution is 0.394. The van der Waals surface area contributed by atoms with E-state index in [4.69, 9.17) is 13.9 Å². The second kappa shape index (κ2) is 7.56. The van der Waals surface area contributed by atoms with Crippen molar-refractivity contribution in [2.45, 2.75) is 13.0 Å². The molecule has 0 unspecified atom stereocenters. The van der Waals surface area contributed by atoms with Gasteiger partial charge in [0.1, 0.15) is 17.3 Å². The molecule has 1 aliphatic heterocycles. The number of nitrogens with one attached hydrogen (secondary N) is 1. The van der Waals surface area contributed by atoms with Gasteiger partial charge in [-0.05, 0) is 42.6 Å². The zero-order valence-electron chi connectivity index (χ0n) is 16.3. The molecule has 1 atom stereocenters. The van der Waals surface area contributed by atoms with E-state index in [0.717, 1.165) is 30.7 Å². The number of nitrogens with zero attached hydrogens (tertiary/aromatic N) is 1. The SMILES string of the molecule is COc1ccc(-c2cc3ccc(N4CCN[C@@H](C)C4)cc3c(=O)o2)c(OC)c1. The summed E-state index contributed by atoms with van der Waals surface area (Å²) in [5.74, 6) is 1.74. The Kier molecular flexibility index (Phi) is 4.96. The van der Waals surface area contributed by atoms with Crippen LogP contribution in [0.25, 0.3) is 22.1 Å². The lowest BCUT2D eigenvalue weighted by atomic mass is 10.1. The molecule has 0 saturated carbocycles. The van der Waals surface area contributed by atoms with Gasteiger partial charge in [-0.15, -0.1) is 0 Å². The molecule has 2 aromatic carbocycles. The van der Waals surface area contributed by atoms with Crippen molar-refractivity contribution in [1.82, 2.24) is 5.32 Å². The van der Waals surface area contributed by atoms with E-state index in [1.807, 2.05) is 30.3 Å². The number of fused-ring (bicyclic) bond motifs is 1. The lowest BCUT2D eigenvalue weighted by Gasteiger charge is -2.33. The fraction of sp³-hybridized carbons (Fsp3) is 0.318. The molecule has 0 aliphatic carbocycles. The third kappa shape index (κ3) is 3.43. The molecule has 146 valence electrons. The van der Waals surface area contributed by atoms with Crippen LogP contribution in [0, 0.1) is 0 Å². The Labute approximate surface area is 163 Å². The second-order valence-corrected chi connectivity index (χ2v) is 7.04. The van der Waals surface area contributed by atoms with Gasteiger partial charge in [0.05, 0.1) is 25.2 Å². The number of rotatable bonds is 4. The van der Waals surface area contributed by atoms with Crippen molar-refractivity contribution < 1.29 is 13.9 Å². The molecule has 1 aliphatic rings. The van der Waals surface area contributed by atoms with Gasteiger partial charge < -0.3 is 24.1 Å². The molecule has 3 aromatic rings. The van der Waals surface area contributed by atoms with E-state index in [9.17, 15) is 4.79 Å². The molecule has 28 heavy (non-hydrogen) atoms. The van der Waals surface area contributed by atoms with Crippen molar-refractivity contribution in [3.63, 3.8) is 0 Å². The minimum Gasteiger partial charge on any atom is -0.497 e. The van der Waals surface area contributed by atoms with Gasteiger partial charge in [0.2, 0.25) is 0 Å². The van der Waals surface area contributed by atoms with Crippen LogP contribution in [0.3, 0.4) is 0 Å². The van der Waals surface area contributed by atoms with Gasteiger partial charge in [0, 0.05) is 37.4 Å². The number of anilines is 1. The maximum Gasteiger partial charge on any atom is 0.344 e. The van der Waals surface area contributed by atoms with Gasteiger partial charge >= 0.3 is 5.63 Å². The molecule has 0 bridgehead atoms. The normalized spacial score (nSPS) is 17.0. The molecule has 4 rings (SSSR count). The van der Waals surface area contributed by atoms with Gasteiger partial charge in [0.25, 0.3) is 0 Å². The fourth-order valence-electron chi connectivity index (χ4n) is 3.67. The van der Waals surface area contributed by atoms with Crippen molar-refractivity contribution in [1.29, 1.82) is 0 Å². The summed E-state index contributed by atoms with van der Waals surface area (Å²) in [6.45, 7) is 4.93. The van der Waals surface area contributed by atoms with E-state index in [0.29, 0.717) is 34.3 Å². The van der Waals surface area contributed by atoms with E-state index in [2.05, 4.69) is 23.2 Å². The smallest absolute Gasteiger partial charge is 0.344 e. The maximum absolute atomic E-state index is 12.7. The van der Waals surface area contributed by atoms with Gasteiger partial charge in [-0.1, -0.05) is 6.07 Å². The van der Waals surface area contributed by atoms with E-state index in [1.165, 1.54) is 0 Å². The molecule has 6 nitrogen and oxygen atoms in total. The minimum absolute atomic E-state index is 0.351. The van der Waals surface area contributed by atoms with E-state index in [-0.39, 0.29) is 5.63 Å². The first-order chi connectivity index (χ1) is 13.6. The first-order valence-electron chi connectivity index (χ1n) is 9.37. The summed E-state index contributed by atoms with van der Waals surface area (Å²) in [7, 11) is 3.18. The molecule has 0 radical (unpaired) electrons. The summed E-state index contributed by atoms with van der Waals surface area (Å²) in [5.41, 5.74) is 1.40. The van der Waals surface area contributed by atoms with E-state index >= 15 is 0 Å². The molecule has 1 fully saturated rings. The maximum atomic E-state index is 12.7. The second-order valence-electron chi connectivity index (χ2n) is 7.04. The molecule has 2 heterocycles. The summed E-state index contributed by atoms with van der Waals surface area (Å²) < 4.78 is 16.3. The third-order valence-corrected chi connectivity index (χ3v) is 5.15. The predicted molar refractivity (Wildman–Crippen MR) is 111 cm³/mol. The van der Waals surface area contributed by atoms with Crippen LogP contribution < -0.4 is 25.3 Å². The lowest BCUT2D eigenvalue weighted by Crippen LogP contribution is -2.49. The average molecular weight is 380 g/mol. The number of methoxy groups -OCH3 is 2. The van der Waals surface area contributed by atoms with E-state index < -0.39 is 0 Å². The monoisotopic (exact) mass is 380 g/mol. The molecule has 1 aromatic heterocycles. The topological polar surface area (TPSA) is 63.9 Å². The van der Waals surface area contributed by atoms with Crippen molar-refractivity contribution >= 4 is 16.5 Å². The highest BCUT2D eigenvalue weighted by molar-refractivity contribution is 5.87. The Balaban J connectivity index is 1.76. The van der Waals surface area contributed by atoms with Crippen molar-refractivity contribution in [3.8, 4) is 22.8 Å². The minimum atomic E-state index is -0.351. The van der Waals surface area contributed by atoms with Crippen molar-refractivity contribution in [2.24, 2.45) is 0 Å². The van der Waals surface area contributed by atoms with Crippen LogP contribution in [-0.4, -0.2) is 39.9 Å². The number of piperazine rings is 1. The summed E-state index contributed by atoms with van der Waals surface area (Å²) >= 11 is 0. The first-order valence-corrected chi connectivity index (χ1v) is 9.37. The van der Waals surface area contributed by atoms with Gasteiger partial charge in [-0.3, -0.25) is 0 Å². The average Bonchev–Trinajstić information content (AvgIpc) is 2.73. The fourth-order valence-corrected chi connectivity index (χ4v) is 3.67. The summed E-state index contributed by atoms with van der Waals surface area (Å²) in [4.78, 5) is 15.0. The quantitative estimate of drug-likeness (QED) is 0.749. The number of hydrogen-bond donors (Lipinski definition) is 1. The molecule has 0 amide bonds. The van der Waals surface area contributed by atoms with Crippen LogP contribution in [0.1, 0.15) is 6.92 Å². The molecular formula is C22H24N2O4. The van der Waals surface area contributed by atoms with Crippen LogP contribution >= 0.6 is 0 Å². The van der Waals surface area contributed by atoms with Crippen LogP contribution in [0.2, 0.25) is 0 Å². The van der Waals surface area contributed by atoms with Gasteiger partial charge in [0.15, 0.2) is 0 Å². The Morgan fingerprint density at radius 1 is 1.11 bits per heavy atom. The Morgan fingerprint density at radius 2 is 1.96 bits per heavy atom. The third-order valence-electron chi connectivity index (χ3n) is 5.15. The van der Waals surface area contributed by atoms with Crippen molar-refractivity contribution in [2.75, 3.05) is 38.8 Å². The highest BCUT2D eigenvalue weighted by Crippen LogP contribution is 2.34. The largest absolute Gasteiger partial charge is 0.497 e. The molecule has 6 heteroatoms. The van der Waals surface area contributed by atoms with E-state index in [1.54, 1.807) is 20.3 Å². The zero-order chi connectivity index (χ0) is 19.7. The summed E-state index contributed by atoms with van der Waals surface area (Å²) in [5, 5.41) is 4.86. The highest BCUT2D eigenvalue weighted by Gasteiger charge is 2.18. The Morgan fingerprint density at radius 3 is 2.71 bits per heavy atom. The van der Waals surface area contributed by atoms with Gasteiger partial charge in [-0.25, -0.2) is 4.79 Å². The zero-order valence-corrected chi connectivity index (χ0v) is 16.3. The Hall–Kier alpha value is -2.99. The standard InChI is InChI=1S/C22H24N2O4/c1-14-13-24(9-8-23-14)16-5-4-15-10-21(28-22(25)19(15)11-16)18-7-6-17(26-2)12-20(18)27-3/h4-7,10-12,14,23H,8-9,13H2,1-3H3/t14-/m0/s1.